The molecule has 148 valence electrons. The van der Waals surface area contributed by atoms with Gasteiger partial charge in [0.1, 0.15) is 23.1 Å². The van der Waals surface area contributed by atoms with Crippen LogP contribution in [0.15, 0.2) is 40.8 Å². The van der Waals surface area contributed by atoms with Crippen molar-refractivity contribution < 1.29 is 19.0 Å². The Morgan fingerprint density at radius 2 is 2.07 bits per heavy atom. The number of furan rings is 1. The number of fused-ring (bicyclic) bond motifs is 3. The van der Waals surface area contributed by atoms with Crippen LogP contribution in [0.2, 0.25) is 0 Å². The highest BCUT2D eigenvalue weighted by atomic mass is 32.1. The molecule has 5 rings (SSSR count). The number of likely N-dealkylation sites (N-methyl/N-ethyl adjacent to an activating group) is 1. The summed E-state index contributed by atoms with van der Waals surface area (Å²) in [6, 6.07) is 9.87. The number of rotatable bonds is 3. The average Bonchev–Trinajstić information content (AvgIpc) is 3.32. The average molecular weight is 411 g/mol. The van der Waals surface area contributed by atoms with Crippen molar-refractivity contribution in [2.75, 3.05) is 18.9 Å². The lowest BCUT2D eigenvalue weighted by Gasteiger charge is -2.25. The van der Waals surface area contributed by atoms with Gasteiger partial charge in [0, 0.05) is 12.5 Å². The molecule has 8 nitrogen and oxygen atoms in total. The van der Waals surface area contributed by atoms with E-state index in [1.54, 1.807) is 41.7 Å². The van der Waals surface area contributed by atoms with E-state index in [0.29, 0.717) is 17.1 Å². The van der Waals surface area contributed by atoms with Gasteiger partial charge in [-0.1, -0.05) is 12.1 Å². The van der Waals surface area contributed by atoms with E-state index in [2.05, 4.69) is 17.7 Å². The zero-order chi connectivity index (χ0) is 20.1. The van der Waals surface area contributed by atoms with E-state index in [0.717, 1.165) is 35.6 Å². The number of carbonyl (C=O) groups is 1. The number of para-hydroxylation sites is 1. The minimum atomic E-state index is -0.517. The molecule has 0 saturated carbocycles. The van der Waals surface area contributed by atoms with Gasteiger partial charge in [-0.05, 0) is 23.8 Å². The predicted octanol–water partition coefficient (Wildman–Crippen LogP) is 2.34. The van der Waals surface area contributed by atoms with E-state index < -0.39 is 11.1 Å². The molecule has 2 atom stereocenters. The molecule has 0 radical (unpaired) electrons. The Bertz CT molecular complexity index is 1140. The molecule has 0 bridgehead atoms. The second-order valence-corrected chi connectivity index (χ2v) is 8.47. The predicted molar refractivity (Wildman–Crippen MR) is 108 cm³/mol. The molecule has 3 aromatic rings. The molecule has 2 aliphatic heterocycles. The van der Waals surface area contributed by atoms with Crippen molar-refractivity contribution in [2.24, 2.45) is 0 Å². The number of nitrogens with zero attached hydrogens (tertiary/aromatic N) is 1. The number of hydrogen-bond donors (Lipinski definition) is 3. The van der Waals surface area contributed by atoms with Crippen LogP contribution >= 0.6 is 11.3 Å². The van der Waals surface area contributed by atoms with Gasteiger partial charge in [-0.2, -0.15) is 0 Å². The first-order chi connectivity index (χ1) is 14.0. The monoisotopic (exact) mass is 411 g/mol. The fraction of sp³-hybridized carbons (Fsp3) is 0.250. The lowest BCUT2D eigenvalue weighted by Crippen LogP contribution is -3.08. The molecule has 0 spiro atoms. The zero-order valence-corrected chi connectivity index (χ0v) is 16.5. The smallest absolute Gasteiger partial charge is 0.280 e. The van der Waals surface area contributed by atoms with Crippen molar-refractivity contribution in [1.82, 2.24) is 5.32 Å². The van der Waals surface area contributed by atoms with Gasteiger partial charge in [-0.3, -0.25) is 14.9 Å². The summed E-state index contributed by atoms with van der Waals surface area (Å²) in [6.07, 6.45) is 0.381. The number of nitrogens with one attached hydrogen (secondary N) is 3. The van der Waals surface area contributed by atoms with Gasteiger partial charge in [0.2, 0.25) is 0 Å². The first-order valence-corrected chi connectivity index (χ1v) is 10.2. The number of amides is 1. The van der Waals surface area contributed by atoms with Crippen molar-refractivity contribution >= 4 is 27.9 Å². The highest BCUT2D eigenvalue weighted by Gasteiger charge is 2.35. The van der Waals surface area contributed by atoms with E-state index in [9.17, 15) is 14.9 Å². The van der Waals surface area contributed by atoms with Crippen molar-refractivity contribution in [3.63, 3.8) is 0 Å². The Hall–Kier alpha value is -3.17. The first kappa shape index (κ1) is 17.9. The van der Waals surface area contributed by atoms with Crippen LogP contribution in [0.1, 0.15) is 32.7 Å². The molecule has 1 unspecified atom stereocenters. The summed E-state index contributed by atoms with van der Waals surface area (Å²) < 4.78 is 5.90. The summed E-state index contributed by atoms with van der Waals surface area (Å²) in [5.41, 5.74) is 2.29. The number of quaternary nitrogens is 1. The molecular weight excluding hydrogens is 392 g/mol. The van der Waals surface area contributed by atoms with E-state index in [4.69, 9.17) is 4.42 Å². The summed E-state index contributed by atoms with van der Waals surface area (Å²) in [7, 11) is 2.16. The standard InChI is InChI=1S/C20H18N4O4S/c1-23-9-8-12-16(10-23)29-20-17(12)19(25)21-18(22-20)15-7-6-14(28-15)11-4-2-3-5-13(11)24(26)27/h2-7,18,22H,8-10H2,1H3,(H,21,25)/p+1/t18-/m0/s1. The van der Waals surface area contributed by atoms with Crippen molar-refractivity contribution in [3.8, 4) is 11.3 Å². The van der Waals surface area contributed by atoms with Crippen molar-refractivity contribution in [3.05, 3.63) is 68.3 Å². The van der Waals surface area contributed by atoms with Gasteiger partial charge in [0.05, 0.1) is 34.5 Å². The van der Waals surface area contributed by atoms with E-state index in [-0.39, 0.29) is 11.6 Å². The third kappa shape index (κ3) is 2.99. The second kappa shape index (κ2) is 6.71. The molecule has 29 heavy (non-hydrogen) atoms. The molecule has 2 aromatic heterocycles. The van der Waals surface area contributed by atoms with Crippen molar-refractivity contribution in [1.29, 1.82) is 0 Å². The summed E-state index contributed by atoms with van der Waals surface area (Å²) in [4.78, 5) is 26.4. The normalized spacial score (nSPS) is 20.4. The van der Waals surface area contributed by atoms with Crippen LogP contribution in [0.5, 0.6) is 0 Å². The maximum Gasteiger partial charge on any atom is 0.280 e. The van der Waals surface area contributed by atoms with E-state index >= 15 is 0 Å². The number of carbonyl (C=O) groups excluding carboxylic acids is 1. The molecular formula is C20H19N4O4S+. The van der Waals surface area contributed by atoms with E-state index in [1.165, 1.54) is 15.8 Å². The molecule has 3 N–H and O–H groups in total. The van der Waals surface area contributed by atoms with Crippen LogP contribution in [0.4, 0.5) is 10.7 Å². The summed E-state index contributed by atoms with van der Waals surface area (Å²) >= 11 is 1.63. The molecule has 1 amide bonds. The Labute approximate surface area is 170 Å². The topological polar surface area (TPSA) is 102 Å². The van der Waals surface area contributed by atoms with E-state index in [1.807, 2.05) is 0 Å². The van der Waals surface area contributed by atoms with Crippen LogP contribution < -0.4 is 15.5 Å². The number of nitro groups is 1. The van der Waals surface area contributed by atoms with Crippen LogP contribution in [0.3, 0.4) is 0 Å². The summed E-state index contributed by atoms with van der Waals surface area (Å²) in [5, 5.41) is 18.5. The fourth-order valence-electron chi connectivity index (χ4n) is 3.97. The Morgan fingerprint density at radius 1 is 1.24 bits per heavy atom. The first-order valence-electron chi connectivity index (χ1n) is 9.38. The summed E-state index contributed by atoms with van der Waals surface area (Å²) in [6.45, 7) is 1.94. The third-order valence-corrected chi connectivity index (χ3v) is 6.57. The molecule has 4 heterocycles. The quantitative estimate of drug-likeness (QED) is 0.454. The van der Waals surface area contributed by atoms with Gasteiger partial charge >= 0.3 is 0 Å². The molecule has 1 aromatic carbocycles. The van der Waals surface area contributed by atoms with Gasteiger partial charge in [-0.15, -0.1) is 11.3 Å². The second-order valence-electron chi connectivity index (χ2n) is 7.37. The number of hydrogen-bond acceptors (Lipinski definition) is 6. The Kier molecular flexibility index (Phi) is 4.14. The van der Waals surface area contributed by atoms with Gasteiger partial charge < -0.3 is 20.0 Å². The lowest BCUT2D eigenvalue weighted by molar-refractivity contribution is -0.895. The third-order valence-electron chi connectivity index (χ3n) is 5.41. The number of benzene rings is 1. The maximum absolute atomic E-state index is 12.8. The van der Waals surface area contributed by atoms with Crippen LogP contribution in [0, 0.1) is 10.1 Å². The van der Waals surface area contributed by atoms with Gasteiger partial charge in [0.15, 0.2) is 6.17 Å². The Balaban J connectivity index is 1.46. The summed E-state index contributed by atoms with van der Waals surface area (Å²) in [5.74, 6) is 0.792. The minimum Gasteiger partial charge on any atom is -0.457 e. The highest BCUT2D eigenvalue weighted by molar-refractivity contribution is 7.16. The minimum absolute atomic E-state index is 0.0196. The number of nitro benzene ring substituents is 1. The largest absolute Gasteiger partial charge is 0.457 e. The molecule has 9 heteroatoms. The maximum atomic E-state index is 12.8. The molecule has 0 fully saturated rings. The fourth-order valence-corrected chi connectivity index (χ4v) is 5.36. The lowest BCUT2D eigenvalue weighted by atomic mass is 10.0. The number of thiophene rings is 1. The SMILES string of the molecule is C[NH+]1CCc2c(sc3c2C(=O)N[C@H](c2ccc(-c4ccccc4[N+](=O)[O-])o2)N3)C1. The van der Waals surface area contributed by atoms with Crippen LogP contribution in [0.25, 0.3) is 11.3 Å². The molecule has 0 aliphatic carbocycles. The van der Waals surface area contributed by atoms with Crippen LogP contribution in [-0.4, -0.2) is 24.4 Å². The van der Waals surface area contributed by atoms with Gasteiger partial charge in [0.25, 0.3) is 11.6 Å². The van der Waals surface area contributed by atoms with Crippen LogP contribution in [-0.2, 0) is 13.0 Å². The number of anilines is 1. The van der Waals surface area contributed by atoms with Gasteiger partial charge in [-0.25, -0.2) is 0 Å². The molecule has 2 aliphatic rings. The van der Waals surface area contributed by atoms with Crippen molar-refractivity contribution in [2.45, 2.75) is 19.1 Å². The highest BCUT2D eigenvalue weighted by Crippen LogP contribution is 2.40. The molecule has 0 saturated heterocycles. The Morgan fingerprint density at radius 3 is 2.90 bits per heavy atom. The zero-order valence-electron chi connectivity index (χ0n) is 15.7.